The van der Waals surface area contributed by atoms with Crippen molar-refractivity contribution in [1.29, 1.82) is 0 Å². The molecule has 1 aliphatic rings. The molecule has 1 aromatic heterocycles. The SMILES string of the molecule is CCC(N)C(c1ccc(Cl)s1)N(CC1CC1)C(C)C. The summed E-state index contributed by atoms with van der Waals surface area (Å²) in [5.74, 6) is 0.879. The molecule has 1 aromatic rings. The summed E-state index contributed by atoms with van der Waals surface area (Å²) >= 11 is 7.79. The molecule has 0 saturated heterocycles. The molecular formula is C15H25ClN2S. The number of rotatable bonds is 7. The van der Waals surface area contributed by atoms with Gasteiger partial charge in [0.05, 0.1) is 10.4 Å². The van der Waals surface area contributed by atoms with E-state index in [0.29, 0.717) is 12.1 Å². The van der Waals surface area contributed by atoms with Crippen molar-refractivity contribution in [2.45, 2.75) is 58.2 Å². The minimum atomic E-state index is 0.177. The minimum absolute atomic E-state index is 0.177. The second kappa shape index (κ2) is 6.57. The van der Waals surface area contributed by atoms with Crippen LogP contribution in [0.3, 0.4) is 0 Å². The Labute approximate surface area is 125 Å². The number of halogens is 1. The lowest BCUT2D eigenvalue weighted by molar-refractivity contribution is 0.126. The van der Waals surface area contributed by atoms with Crippen LogP contribution in [0.15, 0.2) is 12.1 Å². The molecule has 1 saturated carbocycles. The van der Waals surface area contributed by atoms with Gasteiger partial charge in [-0.25, -0.2) is 0 Å². The number of thiophene rings is 1. The molecule has 2 atom stereocenters. The van der Waals surface area contributed by atoms with Gasteiger partial charge in [-0.2, -0.15) is 0 Å². The monoisotopic (exact) mass is 300 g/mol. The summed E-state index contributed by atoms with van der Waals surface area (Å²) in [6.45, 7) is 7.88. The molecule has 2 nitrogen and oxygen atoms in total. The highest BCUT2D eigenvalue weighted by atomic mass is 35.5. The molecule has 0 bridgehead atoms. The molecule has 2 N–H and O–H groups in total. The summed E-state index contributed by atoms with van der Waals surface area (Å²) < 4.78 is 0.860. The quantitative estimate of drug-likeness (QED) is 0.813. The summed E-state index contributed by atoms with van der Waals surface area (Å²) in [7, 11) is 0. The van der Waals surface area contributed by atoms with Gasteiger partial charge >= 0.3 is 0 Å². The van der Waals surface area contributed by atoms with E-state index in [9.17, 15) is 0 Å². The molecule has 2 rings (SSSR count). The summed E-state index contributed by atoms with van der Waals surface area (Å²) in [6.07, 6.45) is 3.75. The van der Waals surface area contributed by atoms with Crippen LogP contribution in [0.25, 0.3) is 0 Å². The van der Waals surface area contributed by atoms with Crippen LogP contribution in [0.5, 0.6) is 0 Å². The Morgan fingerprint density at radius 1 is 1.42 bits per heavy atom. The van der Waals surface area contributed by atoms with E-state index in [-0.39, 0.29) is 6.04 Å². The van der Waals surface area contributed by atoms with Crippen LogP contribution >= 0.6 is 22.9 Å². The van der Waals surface area contributed by atoms with Crippen LogP contribution in [-0.4, -0.2) is 23.5 Å². The third kappa shape index (κ3) is 3.94. The van der Waals surface area contributed by atoms with Gasteiger partial charge < -0.3 is 5.73 Å². The van der Waals surface area contributed by atoms with Gasteiger partial charge in [-0.1, -0.05) is 18.5 Å². The van der Waals surface area contributed by atoms with Crippen molar-refractivity contribution in [3.8, 4) is 0 Å². The Balaban J connectivity index is 2.22. The zero-order valence-electron chi connectivity index (χ0n) is 12.1. The molecule has 4 heteroatoms. The standard InChI is InChI=1S/C15H25ClN2S/c1-4-12(17)15(13-7-8-14(16)19-13)18(10(2)3)9-11-5-6-11/h7-8,10-12,15H,4-6,9,17H2,1-3H3. The van der Waals surface area contributed by atoms with E-state index in [4.69, 9.17) is 17.3 Å². The van der Waals surface area contributed by atoms with Crippen LogP contribution < -0.4 is 5.73 Å². The normalized spacial score (nSPS) is 19.1. The molecule has 0 aliphatic heterocycles. The first-order valence-corrected chi connectivity index (χ1v) is 8.49. The maximum Gasteiger partial charge on any atom is 0.0931 e. The molecule has 0 spiro atoms. The Hall–Kier alpha value is -0.0900. The summed E-state index contributed by atoms with van der Waals surface area (Å²) in [4.78, 5) is 3.89. The van der Waals surface area contributed by atoms with Gasteiger partial charge in [-0.05, 0) is 51.2 Å². The lowest BCUT2D eigenvalue weighted by atomic mass is 10.0. The predicted molar refractivity (Wildman–Crippen MR) is 84.9 cm³/mol. The van der Waals surface area contributed by atoms with Crippen LogP contribution in [0, 0.1) is 5.92 Å². The highest BCUT2D eigenvalue weighted by molar-refractivity contribution is 7.16. The molecule has 0 amide bonds. The molecule has 1 aliphatic carbocycles. The van der Waals surface area contributed by atoms with E-state index in [1.54, 1.807) is 11.3 Å². The fourth-order valence-electron chi connectivity index (χ4n) is 2.58. The summed E-state index contributed by atoms with van der Waals surface area (Å²) in [5.41, 5.74) is 6.42. The summed E-state index contributed by atoms with van der Waals surface area (Å²) in [6, 6.07) is 5.14. The average Bonchev–Trinajstić information content (AvgIpc) is 3.09. The molecule has 0 radical (unpaired) electrons. The summed E-state index contributed by atoms with van der Waals surface area (Å²) in [5, 5.41) is 0. The number of hydrogen-bond acceptors (Lipinski definition) is 3. The van der Waals surface area contributed by atoms with Crippen molar-refractivity contribution in [2.75, 3.05) is 6.54 Å². The predicted octanol–water partition coefficient (Wildman–Crippen LogP) is 4.30. The van der Waals surface area contributed by atoms with Gasteiger partial charge in [0.1, 0.15) is 0 Å². The second-order valence-corrected chi connectivity index (χ2v) is 7.64. The van der Waals surface area contributed by atoms with E-state index in [2.05, 4.69) is 31.7 Å². The van der Waals surface area contributed by atoms with Gasteiger partial charge in [-0.3, -0.25) is 4.90 Å². The first-order chi connectivity index (χ1) is 9.02. The zero-order valence-corrected chi connectivity index (χ0v) is 13.7. The van der Waals surface area contributed by atoms with E-state index >= 15 is 0 Å². The van der Waals surface area contributed by atoms with E-state index in [1.807, 2.05) is 6.07 Å². The third-order valence-corrected chi connectivity index (χ3v) is 5.25. The van der Waals surface area contributed by atoms with Crippen molar-refractivity contribution < 1.29 is 0 Å². The number of nitrogens with two attached hydrogens (primary N) is 1. The third-order valence-electron chi connectivity index (χ3n) is 3.95. The highest BCUT2D eigenvalue weighted by Crippen LogP contribution is 2.38. The van der Waals surface area contributed by atoms with Gasteiger partial charge in [-0.15, -0.1) is 11.3 Å². The lowest BCUT2D eigenvalue weighted by Crippen LogP contribution is -2.44. The van der Waals surface area contributed by atoms with Gasteiger partial charge in [0, 0.05) is 23.5 Å². The van der Waals surface area contributed by atoms with Gasteiger partial charge in [0.2, 0.25) is 0 Å². The Kier molecular flexibility index (Phi) is 5.29. The average molecular weight is 301 g/mol. The molecule has 1 heterocycles. The van der Waals surface area contributed by atoms with E-state index < -0.39 is 0 Å². The second-order valence-electron chi connectivity index (χ2n) is 5.89. The van der Waals surface area contributed by atoms with Gasteiger partial charge in [0.15, 0.2) is 0 Å². The van der Waals surface area contributed by atoms with Crippen molar-refractivity contribution in [3.63, 3.8) is 0 Å². The molecule has 108 valence electrons. The Morgan fingerprint density at radius 3 is 2.53 bits per heavy atom. The molecule has 1 fully saturated rings. The maximum atomic E-state index is 6.42. The Morgan fingerprint density at radius 2 is 2.11 bits per heavy atom. The van der Waals surface area contributed by atoms with Crippen LogP contribution in [0.4, 0.5) is 0 Å². The van der Waals surface area contributed by atoms with E-state index in [1.165, 1.54) is 24.3 Å². The first-order valence-electron chi connectivity index (χ1n) is 7.29. The van der Waals surface area contributed by atoms with Crippen LogP contribution in [0.2, 0.25) is 4.34 Å². The number of hydrogen-bond donors (Lipinski definition) is 1. The van der Waals surface area contributed by atoms with Gasteiger partial charge in [0.25, 0.3) is 0 Å². The molecular weight excluding hydrogens is 276 g/mol. The first kappa shape index (κ1) is 15.3. The van der Waals surface area contributed by atoms with Crippen molar-refractivity contribution in [1.82, 2.24) is 4.90 Å². The van der Waals surface area contributed by atoms with E-state index in [0.717, 1.165) is 16.7 Å². The van der Waals surface area contributed by atoms with Crippen molar-refractivity contribution in [2.24, 2.45) is 11.7 Å². The van der Waals surface area contributed by atoms with Crippen molar-refractivity contribution in [3.05, 3.63) is 21.3 Å². The smallest absolute Gasteiger partial charge is 0.0931 e. The largest absolute Gasteiger partial charge is 0.326 e. The molecule has 2 unspecified atom stereocenters. The van der Waals surface area contributed by atoms with Crippen LogP contribution in [-0.2, 0) is 0 Å². The molecule has 19 heavy (non-hydrogen) atoms. The number of nitrogens with zero attached hydrogens (tertiary/aromatic N) is 1. The molecule has 0 aromatic carbocycles. The fraction of sp³-hybridized carbons (Fsp3) is 0.733. The Bertz CT molecular complexity index is 401. The zero-order chi connectivity index (χ0) is 14.0. The topological polar surface area (TPSA) is 29.3 Å². The maximum absolute atomic E-state index is 6.42. The fourth-order valence-corrected chi connectivity index (χ4v) is 3.83. The minimum Gasteiger partial charge on any atom is -0.326 e. The lowest BCUT2D eigenvalue weighted by Gasteiger charge is -2.37. The highest BCUT2D eigenvalue weighted by Gasteiger charge is 2.33. The van der Waals surface area contributed by atoms with Crippen molar-refractivity contribution >= 4 is 22.9 Å². The van der Waals surface area contributed by atoms with Crippen LogP contribution in [0.1, 0.15) is 51.0 Å².